The number of amides is 1. The van der Waals surface area contributed by atoms with Gasteiger partial charge in [-0.1, -0.05) is 60.2 Å². The summed E-state index contributed by atoms with van der Waals surface area (Å²) in [6.07, 6.45) is 0. The number of ether oxygens (including phenoxy) is 1. The minimum Gasteiger partial charge on any atom is -0.495 e. The molecule has 162 valence electrons. The summed E-state index contributed by atoms with van der Waals surface area (Å²) in [7, 11) is 0.480. The van der Waals surface area contributed by atoms with Crippen molar-refractivity contribution in [1.29, 1.82) is 0 Å². The van der Waals surface area contributed by atoms with Gasteiger partial charge in [-0.2, -0.15) is 0 Å². The zero-order chi connectivity index (χ0) is 22.6. The van der Waals surface area contributed by atoms with Crippen LogP contribution < -0.4 is 10.1 Å². The molecule has 7 heteroatoms. The maximum atomic E-state index is 13.2. The number of aryl methyl sites for hydroxylation is 1. The predicted octanol–water partition coefficient (Wildman–Crippen LogP) is 3.77. The van der Waals surface area contributed by atoms with Gasteiger partial charge in [0.15, 0.2) is 0 Å². The molecule has 0 saturated heterocycles. The Hall–Kier alpha value is -3.16. The molecule has 1 N–H and O–H groups in total. The van der Waals surface area contributed by atoms with Crippen molar-refractivity contribution < 1.29 is 17.9 Å². The number of hydrogen-bond acceptors (Lipinski definition) is 4. The Morgan fingerprint density at radius 2 is 1.55 bits per heavy atom. The van der Waals surface area contributed by atoms with E-state index in [0.717, 1.165) is 21.0 Å². The van der Waals surface area contributed by atoms with Gasteiger partial charge in [-0.15, -0.1) is 0 Å². The maximum absolute atomic E-state index is 13.2. The highest BCUT2D eigenvalue weighted by molar-refractivity contribution is 7.89. The first kappa shape index (κ1) is 22.5. The molecule has 0 aromatic heterocycles. The normalized spacial score (nSPS) is 12.4. The number of methoxy groups -OCH3 is 1. The number of hydrogen-bond donors (Lipinski definition) is 1. The lowest BCUT2D eigenvalue weighted by atomic mass is 9.97. The SMILES string of the molecule is COc1ccc(C(=O)N[C@H](c2ccccc2)c2ccc(C)cc2)cc1S(=O)(=O)N(C)C. The molecular weight excluding hydrogens is 412 g/mol. The maximum Gasteiger partial charge on any atom is 0.252 e. The minimum absolute atomic E-state index is 0.0563. The second-order valence-electron chi connectivity index (χ2n) is 7.38. The molecule has 0 bridgehead atoms. The summed E-state index contributed by atoms with van der Waals surface area (Å²) >= 11 is 0. The third-order valence-corrected chi connectivity index (χ3v) is 6.84. The van der Waals surface area contributed by atoms with Crippen molar-refractivity contribution in [3.8, 4) is 5.75 Å². The van der Waals surface area contributed by atoms with E-state index in [9.17, 15) is 13.2 Å². The van der Waals surface area contributed by atoms with Crippen LogP contribution in [0.3, 0.4) is 0 Å². The lowest BCUT2D eigenvalue weighted by Crippen LogP contribution is -2.30. The fourth-order valence-corrected chi connectivity index (χ4v) is 4.27. The number of carbonyl (C=O) groups is 1. The van der Waals surface area contributed by atoms with Gasteiger partial charge < -0.3 is 10.1 Å². The first-order valence-corrected chi connectivity index (χ1v) is 11.2. The Morgan fingerprint density at radius 1 is 0.935 bits per heavy atom. The molecule has 3 aromatic carbocycles. The van der Waals surface area contributed by atoms with Gasteiger partial charge in [-0.3, -0.25) is 4.79 Å². The van der Waals surface area contributed by atoms with Crippen LogP contribution >= 0.6 is 0 Å². The third kappa shape index (κ3) is 4.95. The van der Waals surface area contributed by atoms with E-state index in [1.54, 1.807) is 6.07 Å². The van der Waals surface area contributed by atoms with Gasteiger partial charge >= 0.3 is 0 Å². The number of rotatable bonds is 7. The molecule has 3 aromatic rings. The van der Waals surface area contributed by atoms with Crippen LogP contribution in [0, 0.1) is 6.92 Å². The summed E-state index contributed by atoms with van der Waals surface area (Å²) in [5, 5.41) is 3.04. The molecular formula is C24H26N2O4S. The minimum atomic E-state index is -3.78. The molecule has 3 rings (SSSR count). The van der Waals surface area contributed by atoms with Crippen molar-refractivity contribution in [2.45, 2.75) is 17.9 Å². The third-order valence-electron chi connectivity index (χ3n) is 5.00. The van der Waals surface area contributed by atoms with Crippen molar-refractivity contribution >= 4 is 15.9 Å². The van der Waals surface area contributed by atoms with Gasteiger partial charge in [-0.25, -0.2) is 12.7 Å². The number of carbonyl (C=O) groups excluding carboxylic acids is 1. The first-order valence-electron chi connectivity index (χ1n) is 9.77. The Kier molecular flexibility index (Phi) is 6.77. The van der Waals surface area contributed by atoms with E-state index in [2.05, 4.69) is 5.32 Å². The molecule has 0 spiro atoms. The van der Waals surface area contributed by atoms with E-state index in [1.807, 2.05) is 61.5 Å². The first-order chi connectivity index (χ1) is 14.7. The van der Waals surface area contributed by atoms with Crippen LogP contribution in [0.5, 0.6) is 5.75 Å². The van der Waals surface area contributed by atoms with Crippen molar-refractivity contribution in [2.75, 3.05) is 21.2 Å². The van der Waals surface area contributed by atoms with Gasteiger partial charge in [0.05, 0.1) is 13.2 Å². The fraction of sp³-hybridized carbons (Fsp3) is 0.208. The molecule has 0 aliphatic heterocycles. The summed E-state index contributed by atoms with van der Waals surface area (Å²) in [5.74, 6) is -0.198. The molecule has 0 fully saturated rings. The Bertz CT molecular complexity index is 1160. The lowest BCUT2D eigenvalue weighted by Gasteiger charge is -2.21. The second kappa shape index (κ2) is 9.32. The molecule has 31 heavy (non-hydrogen) atoms. The lowest BCUT2D eigenvalue weighted by molar-refractivity contribution is 0.0942. The van der Waals surface area contributed by atoms with Crippen LogP contribution in [0.1, 0.15) is 33.1 Å². The number of nitrogens with zero attached hydrogens (tertiary/aromatic N) is 1. The van der Waals surface area contributed by atoms with E-state index < -0.39 is 10.0 Å². The molecule has 0 heterocycles. The van der Waals surface area contributed by atoms with Crippen LogP contribution in [-0.4, -0.2) is 39.8 Å². The van der Waals surface area contributed by atoms with Crippen LogP contribution in [-0.2, 0) is 10.0 Å². The number of nitrogens with one attached hydrogen (secondary N) is 1. The molecule has 6 nitrogen and oxygen atoms in total. The second-order valence-corrected chi connectivity index (χ2v) is 9.50. The van der Waals surface area contributed by atoms with E-state index in [1.165, 1.54) is 33.3 Å². The van der Waals surface area contributed by atoms with E-state index >= 15 is 0 Å². The molecule has 1 amide bonds. The van der Waals surface area contributed by atoms with E-state index in [4.69, 9.17) is 4.74 Å². The van der Waals surface area contributed by atoms with Gasteiger partial charge in [0.1, 0.15) is 10.6 Å². The molecule has 0 radical (unpaired) electrons. The Labute approximate surface area is 183 Å². The van der Waals surface area contributed by atoms with Gasteiger partial charge in [-0.05, 0) is 36.2 Å². The number of sulfonamides is 1. The topological polar surface area (TPSA) is 75.7 Å². The van der Waals surface area contributed by atoms with E-state index in [0.29, 0.717) is 0 Å². The summed E-state index contributed by atoms with van der Waals surface area (Å²) in [6, 6.07) is 21.6. The Morgan fingerprint density at radius 3 is 2.13 bits per heavy atom. The molecule has 0 unspecified atom stereocenters. The average molecular weight is 439 g/mol. The van der Waals surface area contributed by atoms with Crippen LogP contribution in [0.2, 0.25) is 0 Å². The van der Waals surface area contributed by atoms with Crippen LogP contribution in [0.15, 0.2) is 77.7 Å². The zero-order valence-electron chi connectivity index (χ0n) is 18.0. The van der Waals surface area contributed by atoms with Crippen molar-refractivity contribution in [3.05, 3.63) is 95.1 Å². The molecule has 0 aliphatic rings. The zero-order valence-corrected chi connectivity index (χ0v) is 18.8. The predicted molar refractivity (Wildman–Crippen MR) is 121 cm³/mol. The summed E-state index contributed by atoms with van der Waals surface area (Å²) in [6.45, 7) is 2.00. The summed E-state index contributed by atoms with van der Waals surface area (Å²) < 4.78 is 31.7. The van der Waals surface area contributed by atoms with E-state index in [-0.39, 0.29) is 28.2 Å². The van der Waals surface area contributed by atoms with Crippen LogP contribution in [0.25, 0.3) is 0 Å². The smallest absolute Gasteiger partial charge is 0.252 e. The Balaban J connectivity index is 2.00. The highest BCUT2D eigenvalue weighted by atomic mass is 32.2. The summed E-state index contributed by atoms with van der Waals surface area (Å²) in [5.41, 5.74) is 3.21. The van der Waals surface area contributed by atoms with Crippen molar-refractivity contribution in [2.24, 2.45) is 0 Å². The average Bonchev–Trinajstić information content (AvgIpc) is 2.78. The van der Waals surface area contributed by atoms with Crippen molar-refractivity contribution in [3.63, 3.8) is 0 Å². The number of benzene rings is 3. The fourth-order valence-electron chi connectivity index (χ4n) is 3.19. The molecule has 0 aliphatic carbocycles. The highest BCUT2D eigenvalue weighted by Crippen LogP contribution is 2.28. The monoisotopic (exact) mass is 438 g/mol. The standard InChI is InChI=1S/C24H26N2O4S/c1-17-10-12-19(13-11-17)23(18-8-6-5-7-9-18)25-24(27)20-14-15-21(30-4)22(16-20)31(28,29)26(2)3/h5-16,23H,1-4H3,(H,25,27)/t23-/m1/s1. The largest absolute Gasteiger partial charge is 0.495 e. The highest BCUT2D eigenvalue weighted by Gasteiger charge is 2.25. The molecule has 0 saturated carbocycles. The summed E-state index contributed by atoms with van der Waals surface area (Å²) in [4.78, 5) is 13.1. The van der Waals surface area contributed by atoms with Crippen LogP contribution in [0.4, 0.5) is 0 Å². The van der Waals surface area contributed by atoms with Gasteiger partial charge in [0.2, 0.25) is 10.0 Å². The van der Waals surface area contributed by atoms with Gasteiger partial charge in [0.25, 0.3) is 5.91 Å². The molecule has 1 atom stereocenters. The van der Waals surface area contributed by atoms with Crippen molar-refractivity contribution in [1.82, 2.24) is 9.62 Å². The van der Waals surface area contributed by atoms with Gasteiger partial charge in [0, 0.05) is 19.7 Å². The quantitative estimate of drug-likeness (QED) is 0.609.